The van der Waals surface area contributed by atoms with E-state index in [0.29, 0.717) is 5.69 Å². The number of benzene rings is 1. The Balaban J connectivity index is 0.00000112. The van der Waals surface area contributed by atoms with Crippen molar-refractivity contribution in [3.05, 3.63) is 42.0 Å². The molecule has 0 unspecified atom stereocenters. The van der Waals surface area contributed by atoms with Crippen LogP contribution >= 0.6 is 12.4 Å². The molecule has 0 radical (unpaired) electrons. The molecule has 0 atom stereocenters. The van der Waals surface area contributed by atoms with Crippen LogP contribution in [0.4, 0.5) is 10.1 Å². The number of hydrogen-bond acceptors (Lipinski definition) is 2. The molecule has 15 heavy (non-hydrogen) atoms. The summed E-state index contributed by atoms with van der Waals surface area (Å²) in [7, 11) is 0. The zero-order valence-corrected chi connectivity index (χ0v) is 8.96. The van der Waals surface area contributed by atoms with Crippen molar-refractivity contribution in [3.8, 4) is 5.69 Å². The first-order valence-electron chi connectivity index (χ1n) is 4.24. The maximum atomic E-state index is 12.7. The minimum absolute atomic E-state index is 0. The van der Waals surface area contributed by atoms with Gasteiger partial charge in [0.05, 0.1) is 23.3 Å². The molecule has 0 fully saturated rings. The lowest BCUT2D eigenvalue weighted by Gasteiger charge is -2.03. The zero-order valence-electron chi connectivity index (χ0n) is 8.14. The van der Waals surface area contributed by atoms with Gasteiger partial charge in [0.25, 0.3) is 0 Å². The van der Waals surface area contributed by atoms with E-state index < -0.39 is 0 Å². The van der Waals surface area contributed by atoms with Crippen LogP contribution in [0.1, 0.15) is 5.69 Å². The second-order valence-electron chi connectivity index (χ2n) is 3.07. The largest absolute Gasteiger partial charge is 0.396 e. The first-order valence-corrected chi connectivity index (χ1v) is 4.24. The van der Waals surface area contributed by atoms with Crippen LogP contribution in [-0.2, 0) is 0 Å². The molecule has 0 bridgehead atoms. The number of nitrogens with two attached hydrogens (primary N) is 1. The lowest BCUT2D eigenvalue weighted by molar-refractivity contribution is 0.627. The van der Waals surface area contributed by atoms with E-state index in [1.807, 2.05) is 6.92 Å². The first kappa shape index (κ1) is 11.5. The highest BCUT2D eigenvalue weighted by Crippen LogP contribution is 2.15. The molecule has 3 nitrogen and oxygen atoms in total. The third kappa shape index (κ3) is 2.10. The maximum Gasteiger partial charge on any atom is 0.123 e. The summed E-state index contributed by atoms with van der Waals surface area (Å²) in [5, 5.41) is 4.08. The van der Waals surface area contributed by atoms with Crippen LogP contribution in [-0.4, -0.2) is 9.78 Å². The third-order valence-electron chi connectivity index (χ3n) is 2.12. The van der Waals surface area contributed by atoms with Crippen molar-refractivity contribution < 1.29 is 4.39 Å². The molecule has 2 rings (SSSR count). The van der Waals surface area contributed by atoms with E-state index in [-0.39, 0.29) is 18.2 Å². The Morgan fingerprint density at radius 3 is 2.33 bits per heavy atom. The number of hydrogen-bond donors (Lipinski definition) is 1. The van der Waals surface area contributed by atoms with Gasteiger partial charge in [-0.25, -0.2) is 9.07 Å². The Morgan fingerprint density at radius 1 is 1.27 bits per heavy atom. The van der Waals surface area contributed by atoms with E-state index in [0.717, 1.165) is 11.4 Å². The molecule has 1 aromatic carbocycles. The summed E-state index contributed by atoms with van der Waals surface area (Å²) in [6, 6.07) is 6.11. The fourth-order valence-electron chi connectivity index (χ4n) is 1.26. The van der Waals surface area contributed by atoms with Gasteiger partial charge in [-0.2, -0.15) is 5.10 Å². The van der Waals surface area contributed by atoms with Gasteiger partial charge in [-0.1, -0.05) is 0 Å². The summed E-state index contributed by atoms with van der Waals surface area (Å²) in [5.41, 5.74) is 7.95. The monoisotopic (exact) mass is 227 g/mol. The second-order valence-corrected chi connectivity index (χ2v) is 3.07. The Bertz CT molecular complexity index is 450. The summed E-state index contributed by atoms with van der Waals surface area (Å²) < 4.78 is 14.3. The van der Waals surface area contributed by atoms with Crippen LogP contribution < -0.4 is 5.73 Å². The highest BCUT2D eigenvalue weighted by atomic mass is 35.5. The molecule has 0 amide bonds. The van der Waals surface area contributed by atoms with Crippen molar-refractivity contribution in [2.75, 3.05) is 5.73 Å². The fourth-order valence-corrected chi connectivity index (χ4v) is 1.26. The number of nitrogens with zero attached hydrogens (tertiary/aromatic N) is 2. The van der Waals surface area contributed by atoms with E-state index in [4.69, 9.17) is 5.73 Å². The zero-order chi connectivity index (χ0) is 10.1. The molecule has 0 spiro atoms. The fraction of sp³-hybridized carbons (Fsp3) is 0.100. The van der Waals surface area contributed by atoms with Gasteiger partial charge >= 0.3 is 0 Å². The molecule has 0 aliphatic rings. The van der Waals surface area contributed by atoms with Crippen LogP contribution in [0.25, 0.3) is 5.69 Å². The number of rotatable bonds is 1. The Labute approximate surface area is 93.1 Å². The first-order chi connectivity index (χ1) is 6.68. The molecular weight excluding hydrogens is 217 g/mol. The highest BCUT2D eigenvalue weighted by Gasteiger charge is 2.04. The lowest BCUT2D eigenvalue weighted by Crippen LogP contribution is -1.99. The molecule has 80 valence electrons. The van der Waals surface area contributed by atoms with Crippen molar-refractivity contribution in [2.45, 2.75) is 6.92 Å². The molecule has 0 saturated carbocycles. The molecule has 0 saturated heterocycles. The van der Waals surface area contributed by atoms with Crippen molar-refractivity contribution in [1.29, 1.82) is 0 Å². The van der Waals surface area contributed by atoms with E-state index in [1.165, 1.54) is 12.1 Å². The number of halogens is 2. The van der Waals surface area contributed by atoms with Crippen LogP contribution in [0.5, 0.6) is 0 Å². The second kappa shape index (κ2) is 4.31. The molecule has 5 heteroatoms. The van der Waals surface area contributed by atoms with Gasteiger partial charge in [0.2, 0.25) is 0 Å². The van der Waals surface area contributed by atoms with Crippen LogP contribution in [0.15, 0.2) is 30.5 Å². The topological polar surface area (TPSA) is 43.8 Å². The van der Waals surface area contributed by atoms with Crippen LogP contribution in [0, 0.1) is 12.7 Å². The number of nitrogen functional groups attached to an aromatic ring is 1. The Hall–Kier alpha value is -1.55. The molecule has 2 aromatic rings. The molecular formula is C10H11ClFN3. The van der Waals surface area contributed by atoms with Gasteiger partial charge in [0.1, 0.15) is 5.82 Å². The van der Waals surface area contributed by atoms with E-state index in [1.54, 1.807) is 23.0 Å². The van der Waals surface area contributed by atoms with Gasteiger partial charge in [-0.05, 0) is 31.2 Å². The predicted molar refractivity (Wildman–Crippen MR) is 59.9 cm³/mol. The maximum absolute atomic E-state index is 12.7. The van der Waals surface area contributed by atoms with Crippen molar-refractivity contribution >= 4 is 18.1 Å². The predicted octanol–water partition coefficient (Wildman–Crippen LogP) is 2.32. The van der Waals surface area contributed by atoms with Crippen LogP contribution in [0.2, 0.25) is 0 Å². The van der Waals surface area contributed by atoms with Crippen LogP contribution in [0.3, 0.4) is 0 Å². The SMILES string of the molecule is Cc1c(N)cnn1-c1ccc(F)cc1.Cl. The minimum Gasteiger partial charge on any atom is -0.396 e. The van der Waals surface area contributed by atoms with Gasteiger partial charge in [0.15, 0.2) is 0 Å². The minimum atomic E-state index is -0.258. The van der Waals surface area contributed by atoms with Crippen molar-refractivity contribution in [1.82, 2.24) is 9.78 Å². The molecule has 1 aromatic heterocycles. The van der Waals surface area contributed by atoms with Crippen molar-refractivity contribution in [2.24, 2.45) is 0 Å². The lowest BCUT2D eigenvalue weighted by atomic mass is 10.3. The molecule has 0 aliphatic carbocycles. The summed E-state index contributed by atoms with van der Waals surface area (Å²) in [5.74, 6) is -0.258. The highest BCUT2D eigenvalue weighted by molar-refractivity contribution is 5.85. The normalized spacial score (nSPS) is 9.73. The summed E-state index contributed by atoms with van der Waals surface area (Å²) in [6.07, 6.45) is 1.58. The smallest absolute Gasteiger partial charge is 0.123 e. The van der Waals surface area contributed by atoms with Gasteiger partial charge in [-0.3, -0.25) is 0 Å². The summed E-state index contributed by atoms with van der Waals surface area (Å²) >= 11 is 0. The average Bonchev–Trinajstić information content (AvgIpc) is 2.50. The number of anilines is 1. The quantitative estimate of drug-likeness (QED) is 0.813. The standard InChI is InChI=1S/C10H10FN3.ClH/c1-7-10(12)6-13-14(7)9-4-2-8(11)3-5-9;/h2-6H,12H2,1H3;1H. The third-order valence-corrected chi connectivity index (χ3v) is 2.12. The van der Waals surface area contributed by atoms with Gasteiger partial charge in [0, 0.05) is 0 Å². The number of aromatic nitrogens is 2. The van der Waals surface area contributed by atoms with Gasteiger partial charge in [-0.15, -0.1) is 12.4 Å². The Morgan fingerprint density at radius 2 is 1.87 bits per heavy atom. The van der Waals surface area contributed by atoms with E-state index >= 15 is 0 Å². The molecule has 1 heterocycles. The molecule has 2 N–H and O–H groups in total. The summed E-state index contributed by atoms with van der Waals surface area (Å²) in [6.45, 7) is 1.87. The average molecular weight is 228 g/mol. The van der Waals surface area contributed by atoms with E-state index in [2.05, 4.69) is 5.10 Å². The van der Waals surface area contributed by atoms with Gasteiger partial charge < -0.3 is 5.73 Å². The molecule has 0 aliphatic heterocycles. The Kier molecular flexibility index (Phi) is 3.31. The van der Waals surface area contributed by atoms with E-state index in [9.17, 15) is 4.39 Å². The summed E-state index contributed by atoms with van der Waals surface area (Å²) in [4.78, 5) is 0. The van der Waals surface area contributed by atoms with Crippen molar-refractivity contribution in [3.63, 3.8) is 0 Å².